The maximum absolute atomic E-state index is 5.68. The van der Waals surface area contributed by atoms with E-state index in [1.54, 1.807) is 0 Å². The molecule has 0 amide bonds. The van der Waals surface area contributed by atoms with Crippen LogP contribution in [-0.4, -0.2) is 6.04 Å². The second-order valence-corrected chi connectivity index (χ2v) is 5.30. The van der Waals surface area contributed by atoms with Crippen molar-refractivity contribution in [2.45, 2.75) is 58.1 Å². The smallest absolute Gasteiger partial charge is 0.0933 e. The van der Waals surface area contributed by atoms with Gasteiger partial charge in [0, 0.05) is 6.04 Å². The van der Waals surface area contributed by atoms with Crippen LogP contribution in [0, 0.1) is 5.92 Å². The Kier molecular flexibility index (Phi) is 5.69. The third-order valence-corrected chi connectivity index (χ3v) is 3.98. The van der Waals surface area contributed by atoms with Gasteiger partial charge in [0.05, 0.1) is 6.61 Å². The Balaban J connectivity index is 1.73. The van der Waals surface area contributed by atoms with Crippen LogP contribution in [0.15, 0.2) is 30.3 Å². The van der Waals surface area contributed by atoms with E-state index < -0.39 is 0 Å². The number of rotatable bonds is 6. The molecule has 1 saturated carbocycles. The number of hydrogen-bond acceptors (Lipinski definition) is 2. The molecule has 1 aromatic carbocycles. The van der Waals surface area contributed by atoms with E-state index in [1.165, 1.54) is 37.7 Å². The Morgan fingerprint density at radius 3 is 2.56 bits per heavy atom. The van der Waals surface area contributed by atoms with E-state index in [1.807, 2.05) is 6.07 Å². The van der Waals surface area contributed by atoms with Crippen molar-refractivity contribution < 1.29 is 4.84 Å². The van der Waals surface area contributed by atoms with E-state index in [0.717, 1.165) is 12.3 Å². The van der Waals surface area contributed by atoms with E-state index in [4.69, 9.17) is 4.84 Å². The van der Waals surface area contributed by atoms with Gasteiger partial charge in [0.2, 0.25) is 0 Å². The zero-order chi connectivity index (χ0) is 12.6. The van der Waals surface area contributed by atoms with E-state index in [0.29, 0.717) is 12.6 Å². The number of nitrogens with one attached hydrogen (secondary N) is 1. The largest absolute Gasteiger partial charge is 0.297 e. The standard InChI is InChI=1S/C16H25NO/c1-2-16(15-11-7-4-8-12-15)17-18-13-14-9-5-3-6-10-14/h3,5-6,9-10,15-17H,2,4,7-8,11-13H2,1H3. The molecule has 1 aromatic rings. The van der Waals surface area contributed by atoms with Crippen LogP contribution in [0.3, 0.4) is 0 Å². The Labute approximate surface area is 111 Å². The first-order chi connectivity index (χ1) is 8.90. The second-order valence-electron chi connectivity index (χ2n) is 5.30. The molecule has 0 spiro atoms. The molecule has 0 aliphatic heterocycles. The summed E-state index contributed by atoms with van der Waals surface area (Å²) in [5.41, 5.74) is 4.51. The predicted molar refractivity (Wildman–Crippen MR) is 75.0 cm³/mol. The second kappa shape index (κ2) is 7.55. The first kappa shape index (κ1) is 13.6. The summed E-state index contributed by atoms with van der Waals surface area (Å²) in [5.74, 6) is 0.805. The predicted octanol–water partition coefficient (Wildman–Crippen LogP) is 4.07. The fraction of sp³-hybridized carbons (Fsp3) is 0.625. The summed E-state index contributed by atoms with van der Waals surface area (Å²) in [6.07, 6.45) is 8.07. The summed E-state index contributed by atoms with van der Waals surface area (Å²) in [6.45, 7) is 2.90. The molecule has 0 radical (unpaired) electrons. The van der Waals surface area contributed by atoms with Gasteiger partial charge in [-0.3, -0.25) is 4.84 Å². The third-order valence-electron chi connectivity index (χ3n) is 3.98. The average molecular weight is 247 g/mol. The van der Waals surface area contributed by atoms with E-state index in [-0.39, 0.29) is 0 Å². The highest BCUT2D eigenvalue weighted by Crippen LogP contribution is 2.27. The SMILES string of the molecule is CCC(NOCc1ccccc1)C1CCCCC1. The first-order valence-corrected chi connectivity index (χ1v) is 7.31. The highest BCUT2D eigenvalue weighted by atomic mass is 16.6. The van der Waals surface area contributed by atoms with Crippen LogP contribution in [0.2, 0.25) is 0 Å². The molecule has 0 aromatic heterocycles. The molecule has 18 heavy (non-hydrogen) atoms. The van der Waals surface area contributed by atoms with Crippen molar-refractivity contribution in [1.29, 1.82) is 0 Å². The number of hydrogen-bond donors (Lipinski definition) is 1. The molecular weight excluding hydrogens is 222 g/mol. The van der Waals surface area contributed by atoms with Crippen LogP contribution in [0.4, 0.5) is 0 Å². The molecular formula is C16H25NO. The molecule has 0 heterocycles. The molecule has 2 heteroatoms. The highest BCUT2D eigenvalue weighted by Gasteiger charge is 2.22. The van der Waals surface area contributed by atoms with Crippen molar-refractivity contribution in [3.05, 3.63) is 35.9 Å². The van der Waals surface area contributed by atoms with Gasteiger partial charge in [-0.2, -0.15) is 5.48 Å². The number of benzene rings is 1. The molecule has 0 saturated heterocycles. The number of hydroxylamine groups is 1. The topological polar surface area (TPSA) is 21.3 Å². The molecule has 0 bridgehead atoms. The van der Waals surface area contributed by atoms with Gasteiger partial charge in [-0.25, -0.2) is 0 Å². The summed E-state index contributed by atoms with van der Waals surface area (Å²) >= 11 is 0. The molecule has 1 fully saturated rings. The molecule has 1 unspecified atom stereocenters. The van der Waals surface area contributed by atoms with Gasteiger partial charge in [-0.05, 0) is 30.7 Å². The van der Waals surface area contributed by atoms with Crippen LogP contribution in [-0.2, 0) is 11.4 Å². The fourth-order valence-corrected chi connectivity index (χ4v) is 2.86. The average Bonchev–Trinajstić information content (AvgIpc) is 2.46. The van der Waals surface area contributed by atoms with Crippen LogP contribution in [0.5, 0.6) is 0 Å². The molecule has 1 aliphatic carbocycles. The van der Waals surface area contributed by atoms with E-state index in [9.17, 15) is 0 Å². The Bertz CT molecular complexity index is 319. The van der Waals surface area contributed by atoms with Gasteiger partial charge in [0.15, 0.2) is 0 Å². The van der Waals surface area contributed by atoms with Crippen molar-refractivity contribution in [1.82, 2.24) is 5.48 Å². The summed E-state index contributed by atoms with van der Waals surface area (Å²) in [4.78, 5) is 5.68. The first-order valence-electron chi connectivity index (χ1n) is 7.31. The molecule has 2 rings (SSSR count). The lowest BCUT2D eigenvalue weighted by molar-refractivity contribution is -0.0160. The minimum absolute atomic E-state index is 0.522. The van der Waals surface area contributed by atoms with Gasteiger partial charge in [0.1, 0.15) is 0 Å². The van der Waals surface area contributed by atoms with E-state index >= 15 is 0 Å². The fourth-order valence-electron chi connectivity index (χ4n) is 2.86. The third kappa shape index (κ3) is 4.11. The lowest BCUT2D eigenvalue weighted by Crippen LogP contribution is -2.36. The summed E-state index contributed by atoms with van der Waals surface area (Å²) in [6, 6.07) is 10.9. The lowest BCUT2D eigenvalue weighted by Gasteiger charge is -2.29. The van der Waals surface area contributed by atoms with Gasteiger partial charge in [0.25, 0.3) is 0 Å². The Morgan fingerprint density at radius 1 is 1.17 bits per heavy atom. The molecule has 1 N–H and O–H groups in total. The van der Waals surface area contributed by atoms with Crippen molar-refractivity contribution in [2.24, 2.45) is 5.92 Å². The minimum atomic E-state index is 0.522. The zero-order valence-corrected chi connectivity index (χ0v) is 11.4. The lowest BCUT2D eigenvalue weighted by atomic mass is 9.83. The highest BCUT2D eigenvalue weighted by molar-refractivity contribution is 5.13. The maximum atomic E-state index is 5.68. The summed E-state index contributed by atoms with van der Waals surface area (Å²) in [7, 11) is 0. The normalized spacial score (nSPS) is 18.7. The molecule has 100 valence electrons. The van der Waals surface area contributed by atoms with Crippen LogP contribution < -0.4 is 5.48 Å². The minimum Gasteiger partial charge on any atom is -0.297 e. The Hall–Kier alpha value is -0.860. The van der Waals surface area contributed by atoms with Crippen LogP contribution in [0.1, 0.15) is 51.0 Å². The van der Waals surface area contributed by atoms with Gasteiger partial charge in [-0.1, -0.05) is 56.5 Å². The molecule has 2 nitrogen and oxygen atoms in total. The molecule has 1 atom stereocenters. The monoisotopic (exact) mass is 247 g/mol. The van der Waals surface area contributed by atoms with Crippen LogP contribution >= 0.6 is 0 Å². The van der Waals surface area contributed by atoms with Gasteiger partial charge >= 0.3 is 0 Å². The quantitative estimate of drug-likeness (QED) is 0.765. The van der Waals surface area contributed by atoms with Crippen molar-refractivity contribution in [3.63, 3.8) is 0 Å². The van der Waals surface area contributed by atoms with Crippen molar-refractivity contribution in [2.75, 3.05) is 0 Å². The maximum Gasteiger partial charge on any atom is 0.0933 e. The summed E-state index contributed by atoms with van der Waals surface area (Å²) < 4.78 is 0. The van der Waals surface area contributed by atoms with Crippen molar-refractivity contribution in [3.8, 4) is 0 Å². The van der Waals surface area contributed by atoms with Crippen LogP contribution in [0.25, 0.3) is 0 Å². The Morgan fingerprint density at radius 2 is 1.89 bits per heavy atom. The van der Waals surface area contributed by atoms with Gasteiger partial charge in [-0.15, -0.1) is 0 Å². The molecule has 1 aliphatic rings. The zero-order valence-electron chi connectivity index (χ0n) is 11.4. The summed E-state index contributed by atoms with van der Waals surface area (Å²) in [5, 5.41) is 0. The van der Waals surface area contributed by atoms with Crippen molar-refractivity contribution >= 4 is 0 Å². The van der Waals surface area contributed by atoms with E-state index in [2.05, 4.69) is 36.7 Å². The van der Waals surface area contributed by atoms with Gasteiger partial charge < -0.3 is 0 Å².